The van der Waals surface area contributed by atoms with E-state index in [4.69, 9.17) is 5.11 Å². The summed E-state index contributed by atoms with van der Waals surface area (Å²) >= 11 is 6.61. The van der Waals surface area contributed by atoms with Gasteiger partial charge >= 0.3 is 0 Å². The second-order valence-electron chi connectivity index (χ2n) is 4.34. The maximum Gasteiger partial charge on any atom is 0.241 e. The minimum absolute atomic E-state index is 0.136. The van der Waals surface area contributed by atoms with Crippen LogP contribution in [0.2, 0.25) is 0 Å². The van der Waals surface area contributed by atoms with E-state index in [0.29, 0.717) is 10.0 Å². The van der Waals surface area contributed by atoms with Crippen molar-refractivity contribution < 1.29 is 13.5 Å². The lowest BCUT2D eigenvalue weighted by molar-refractivity contribution is 0.281. The Morgan fingerprint density at radius 3 is 2.38 bits per heavy atom. The highest BCUT2D eigenvalue weighted by Crippen LogP contribution is 2.24. The maximum absolute atomic E-state index is 12.3. The van der Waals surface area contributed by atoms with Gasteiger partial charge in [-0.2, -0.15) is 0 Å². The maximum atomic E-state index is 12.3. The highest BCUT2D eigenvalue weighted by atomic mass is 79.9. The van der Waals surface area contributed by atoms with Crippen LogP contribution in [0.3, 0.4) is 0 Å². The van der Waals surface area contributed by atoms with Gasteiger partial charge in [0.1, 0.15) is 0 Å². The van der Waals surface area contributed by atoms with Crippen LogP contribution in [0.25, 0.3) is 0 Å². The standard InChI is InChI=1S/C14H13Br2NO3S/c15-12-4-2-1-3-11(12)8-17-21(19,20)14-6-5-10(9-18)7-13(14)16/h1-7,17-18H,8-9H2. The van der Waals surface area contributed by atoms with Gasteiger partial charge in [-0.15, -0.1) is 0 Å². The van der Waals surface area contributed by atoms with Crippen LogP contribution >= 0.6 is 31.9 Å². The fourth-order valence-corrected chi connectivity index (χ4v) is 4.31. The summed E-state index contributed by atoms with van der Waals surface area (Å²) in [7, 11) is -3.63. The molecule has 0 aromatic heterocycles. The molecule has 2 aromatic carbocycles. The fraction of sp³-hybridized carbons (Fsp3) is 0.143. The van der Waals surface area contributed by atoms with E-state index in [1.165, 1.54) is 6.07 Å². The van der Waals surface area contributed by atoms with Gasteiger partial charge in [0.05, 0.1) is 11.5 Å². The van der Waals surface area contributed by atoms with Crippen molar-refractivity contribution in [3.05, 3.63) is 62.5 Å². The Kier molecular flexibility index (Phi) is 5.56. The molecular weight excluding hydrogens is 422 g/mol. The third-order valence-corrected chi connectivity index (χ3v) is 6.03. The van der Waals surface area contributed by atoms with Crippen molar-refractivity contribution in [2.75, 3.05) is 0 Å². The number of hydrogen-bond acceptors (Lipinski definition) is 3. The average Bonchev–Trinajstić information content (AvgIpc) is 2.46. The number of sulfonamides is 1. The predicted molar refractivity (Wildman–Crippen MR) is 88.2 cm³/mol. The smallest absolute Gasteiger partial charge is 0.241 e. The molecule has 0 saturated heterocycles. The Morgan fingerprint density at radius 1 is 1.05 bits per heavy atom. The third kappa shape index (κ3) is 4.14. The number of aliphatic hydroxyl groups excluding tert-OH is 1. The summed E-state index contributed by atoms with van der Waals surface area (Å²) in [5.41, 5.74) is 1.50. The van der Waals surface area contributed by atoms with E-state index in [9.17, 15) is 8.42 Å². The van der Waals surface area contributed by atoms with Gasteiger partial charge in [-0.1, -0.05) is 40.2 Å². The monoisotopic (exact) mass is 433 g/mol. The summed E-state index contributed by atoms with van der Waals surface area (Å²) in [6.07, 6.45) is 0. The summed E-state index contributed by atoms with van der Waals surface area (Å²) in [6, 6.07) is 12.1. The number of nitrogens with one attached hydrogen (secondary N) is 1. The van der Waals surface area contributed by atoms with Crippen molar-refractivity contribution in [2.24, 2.45) is 0 Å². The first-order valence-electron chi connectivity index (χ1n) is 6.06. The summed E-state index contributed by atoms with van der Waals surface area (Å²) in [6.45, 7) is 0.0568. The van der Waals surface area contributed by atoms with Gasteiger partial charge in [-0.3, -0.25) is 0 Å². The van der Waals surface area contributed by atoms with Crippen LogP contribution in [-0.2, 0) is 23.2 Å². The molecule has 0 radical (unpaired) electrons. The molecule has 0 fully saturated rings. The highest BCUT2D eigenvalue weighted by Gasteiger charge is 2.17. The van der Waals surface area contributed by atoms with E-state index < -0.39 is 10.0 Å². The minimum Gasteiger partial charge on any atom is -0.392 e. The zero-order valence-corrected chi connectivity index (χ0v) is 14.9. The number of rotatable bonds is 5. The molecule has 0 unspecified atom stereocenters. The Hall–Kier alpha value is -0.730. The zero-order chi connectivity index (χ0) is 15.5. The SMILES string of the molecule is O=S(=O)(NCc1ccccc1Br)c1ccc(CO)cc1Br. The second-order valence-corrected chi connectivity index (χ2v) is 7.78. The molecule has 2 N–H and O–H groups in total. The molecule has 7 heteroatoms. The Balaban J connectivity index is 2.21. The lowest BCUT2D eigenvalue weighted by atomic mass is 10.2. The van der Waals surface area contributed by atoms with Crippen LogP contribution in [0.5, 0.6) is 0 Å². The van der Waals surface area contributed by atoms with Gasteiger partial charge in [0, 0.05) is 15.5 Å². The topological polar surface area (TPSA) is 66.4 Å². The molecular formula is C14H13Br2NO3S. The average molecular weight is 435 g/mol. The van der Waals surface area contributed by atoms with Crippen LogP contribution in [0.15, 0.2) is 56.3 Å². The molecule has 0 bridgehead atoms. The van der Waals surface area contributed by atoms with Crippen molar-refractivity contribution in [3.8, 4) is 0 Å². The van der Waals surface area contributed by atoms with E-state index in [1.54, 1.807) is 12.1 Å². The largest absolute Gasteiger partial charge is 0.392 e. The minimum atomic E-state index is -3.63. The molecule has 0 atom stereocenters. The van der Waals surface area contributed by atoms with E-state index in [-0.39, 0.29) is 18.0 Å². The van der Waals surface area contributed by atoms with E-state index in [1.807, 2.05) is 24.3 Å². The van der Waals surface area contributed by atoms with Crippen LogP contribution in [0.4, 0.5) is 0 Å². The van der Waals surface area contributed by atoms with Crippen LogP contribution < -0.4 is 4.72 Å². The van der Waals surface area contributed by atoms with Crippen molar-refractivity contribution in [3.63, 3.8) is 0 Å². The molecule has 4 nitrogen and oxygen atoms in total. The molecule has 0 heterocycles. The quantitative estimate of drug-likeness (QED) is 0.759. The molecule has 0 aliphatic carbocycles. The first kappa shape index (κ1) is 16.6. The van der Waals surface area contributed by atoms with Gasteiger partial charge in [0.2, 0.25) is 10.0 Å². The van der Waals surface area contributed by atoms with E-state index in [0.717, 1.165) is 10.0 Å². The van der Waals surface area contributed by atoms with Crippen LogP contribution in [-0.4, -0.2) is 13.5 Å². The van der Waals surface area contributed by atoms with Crippen molar-refractivity contribution in [2.45, 2.75) is 18.0 Å². The van der Waals surface area contributed by atoms with Crippen molar-refractivity contribution >= 4 is 41.9 Å². The van der Waals surface area contributed by atoms with E-state index in [2.05, 4.69) is 36.6 Å². The molecule has 2 aromatic rings. The molecule has 0 saturated carbocycles. The zero-order valence-electron chi connectivity index (χ0n) is 10.9. The third-order valence-electron chi connectivity index (χ3n) is 2.88. The van der Waals surface area contributed by atoms with Crippen LogP contribution in [0, 0.1) is 0 Å². The van der Waals surface area contributed by atoms with Gasteiger partial charge in [0.15, 0.2) is 0 Å². The van der Waals surface area contributed by atoms with Gasteiger partial charge in [-0.25, -0.2) is 13.1 Å². The Labute approximate surface area is 140 Å². The summed E-state index contributed by atoms with van der Waals surface area (Å²) in [4.78, 5) is 0.145. The predicted octanol–water partition coefficient (Wildman–Crippen LogP) is 3.18. The molecule has 21 heavy (non-hydrogen) atoms. The number of benzene rings is 2. The summed E-state index contributed by atoms with van der Waals surface area (Å²) in [5.74, 6) is 0. The number of hydrogen-bond donors (Lipinski definition) is 2. The first-order chi connectivity index (χ1) is 9.94. The summed E-state index contributed by atoms with van der Waals surface area (Å²) in [5, 5.41) is 9.05. The van der Waals surface area contributed by atoms with Gasteiger partial charge in [0.25, 0.3) is 0 Å². The lowest BCUT2D eigenvalue weighted by Crippen LogP contribution is -2.23. The fourth-order valence-electron chi connectivity index (χ4n) is 1.75. The first-order valence-corrected chi connectivity index (χ1v) is 9.13. The molecule has 0 aliphatic heterocycles. The second kappa shape index (κ2) is 7.02. The Bertz CT molecular complexity index is 748. The molecule has 0 aliphatic rings. The molecule has 112 valence electrons. The highest BCUT2D eigenvalue weighted by molar-refractivity contribution is 9.10. The number of aliphatic hydroxyl groups is 1. The summed E-state index contributed by atoms with van der Waals surface area (Å²) < 4.78 is 28.5. The van der Waals surface area contributed by atoms with Gasteiger partial charge in [-0.05, 0) is 45.3 Å². The number of halogens is 2. The normalized spacial score (nSPS) is 11.6. The molecule has 0 spiro atoms. The van der Waals surface area contributed by atoms with E-state index >= 15 is 0 Å². The van der Waals surface area contributed by atoms with Crippen LogP contribution in [0.1, 0.15) is 11.1 Å². The van der Waals surface area contributed by atoms with Crippen molar-refractivity contribution in [1.29, 1.82) is 0 Å². The van der Waals surface area contributed by atoms with Gasteiger partial charge < -0.3 is 5.11 Å². The molecule has 2 rings (SSSR count). The Morgan fingerprint density at radius 2 is 1.76 bits per heavy atom. The lowest BCUT2D eigenvalue weighted by Gasteiger charge is -2.10. The van der Waals surface area contributed by atoms with Crippen molar-refractivity contribution in [1.82, 2.24) is 4.72 Å². The molecule has 0 amide bonds.